The minimum Gasteiger partial charge on any atom is -0.274 e. The van der Waals surface area contributed by atoms with Gasteiger partial charge in [0.15, 0.2) is 0 Å². The molecule has 0 bridgehead atoms. The van der Waals surface area contributed by atoms with Gasteiger partial charge in [-0.2, -0.15) is 8.78 Å². The van der Waals surface area contributed by atoms with E-state index in [1.165, 1.54) is 12.1 Å². The van der Waals surface area contributed by atoms with Gasteiger partial charge in [0.2, 0.25) is 0 Å². The van der Waals surface area contributed by atoms with E-state index in [2.05, 4.69) is 11.6 Å². The van der Waals surface area contributed by atoms with Crippen molar-refractivity contribution in [2.75, 3.05) is 0 Å². The molecule has 0 aliphatic heterocycles. The second-order valence-electron chi connectivity index (χ2n) is 2.33. The molecule has 13 heavy (non-hydrogen) atoms. The molecule has 0 spiro atoms. The Morgan fingerprint density at radius 1 is 1.31 bits per heavy atom. The summed E-state index contributed by atoms with van der Waals surface area (Å²) in [5.74, 6) is -5.12. The van der Waals surface area contributed by atoms with Gasteiger partial charge in [-0.25, -0.2) is 4.39 Å². The van der Waals surface area contributed by atoms with E-state index < -0.39 is 22.5 Å². The van der Waals surface area contributed by atoms with Gasteiger partial charge < -0.3 is 0 Å². The van der Waals surface area contributed by atoms with Crippen LogP contribution in [0.1, 0.15) is 5.56 Å². The van der Waals surface area contributed by atoms with Gasteiger partial charge in [0.25, 0.3) is 5.24 Å². The van der Waals surface area contributed by atoms with Gasteiger partial charge in [0.05, 0.1) is 5.56 Å². The van der Waals surface area contributed by atoms with E-state index in [1.54, 1.807) is 0 Å². The third-order valence-corrected chi connectivity index (χ3v) is 1.70. The standard InChI is InChI=1S/C8H4ClF3O/c9-7(13)8(11,12)5-3-1-2-4-6(5)10/h1-4H. The highest BCUT2D eigenvalue weighted by Crippen LogP contribution is 2.31. The summed E-state index contributed by atoms with van der Waals surface area (Å²) < 4.78 is 38.4. The molecule has 1 nitrogen and oxygen atoms in total. The Balaban J connectivity index is 3.22. The average Bonchev–Trinajstić information content (AvgIpc) is 2.04. The highest BCUT2D eigenvalue weighted by molar-refractivity contribution is 6.65. The summed E-state index contributed by atoms with van der Waals surface area (Å²) in [4.78, 5) is 10.3. The Bertz CT molecular complexity index is 338. The molecule has 1 aromatic carbocycles. The molecule has 1 aromatic rings. The molecule has 1 rings (SSSR count). The number of carbonyl (C=O) groups excluding carboxylic acids is 1. The van der Waals surface area contributed by atoms with Crippen LogP contribution in [0.15, 0.2) is 24.3 Å². The van der Waals surface area contributed by atoms with Crippen molar-refractivity contribution in [1.82, 2.24) is 0 Å². The van der Waals surface area contributed by atoms with Gasteiger partial charge in [-0.15, -0.1) is 0 Å². The van der Waals surface area contributed by atoms with Gasteiger partial charge in [-0.3, -0.25) is 4.79 Å². The smallest absolute Gasteiger partial charge is 0.274 e. The maximum Gasteiger partial charge on any atom is 0.348 e. The van der Waals surface area contributed by atoms with Crippen molar-refractivity contribution in [1.29, 1.82) is 0 Å². The number of halogens is 4. The quantitative estimate of drug-likeness (QED) is 0.683. The van der Waals surface area contributed by atoms with Crippen LogP contribution in [0.5, 0.6) is 0 Å². The SMILES string of the molecule is O=C(Cl)C(F)(F)c1ccccc1F. The lowest BCUT2D eigenvalue weighted by molar-refractivity contribution is -0.135. The third kappa shape index (κ3) is 1.83. The Kier molecular flexibility index (Phi) is 2.61. The fraction of sp³-hybridized carbons (Fsp3) is 0.125. The Labute approximate surface area is 77.1 Å². The molecule has 0 radical (unpaired) electrons. The predicted octanol–water partition coefficient (Wildman–Crippen LogP) is 2.68. The van der Waals surface area contributed by atoms with Crippen LogP contribution in [-0.4, -0.2) is 5.24 Å². The molecule has 0 N–H and O–H groups in total. The maximum absolute atomic E-state index is 12.8. The van der Waals surface area contributed by atoms with Crippen molar-refractivity contribution in [2.45, 2.75) is 5.92 Å². The van der Waals surface area contributed by atoms with Crippen LogP contribution in [0.25, 0.3) is 0 Å². The summed E-state index contributed by atoms with van der Waals surface area (Å²) in [6.45, 7) is 0. The first kappa shape index (κ1) is 10.1. The summed E-state index contributed by atoms with van der Waals surface area (Å²) in [5, 5.41) is -1.89. The molecule has 0 amide bonds. The second kappa shape index (κ2) is 3.38. The average molecular weight is 209 g/mol. The molecule has 0 heterocycles. The van der Waals surface area contributed by atoms with Crippen LogP contribution in [0.3, 0.4) is 0 Å². The van der Waals surface area contributed by atoms with Crippen molar-refractivity contribution in [2.24, 2.45) is 0 Å². The molecule has 0 atom stereocenters. The zero-order valence-corrected chi connectivity index (χ0v) is 6.99. The molecule has 5 heteroatoms. The third-order valence-electron chi connectivity index (χ3n) is 1.46. The summed E-state index contributed by atoms with van der Waals surface area (Å²) >= 11 is 4.62. The van der Waals surface area contributed by atoms with E-state index in [1.807, 2.05) is 0 Å². The Morgan fingerprint density at radius 2 is 1.85 bits per heavy atom. The lowest BCUT2D eigenvalue weighted by Crippen LogP contribution is -2.22. The number of carbonyl (C=O) groups is 1. The first-order valence-electron chi connectivity index (χ1n) is 3.29. The molecule has 0 aliphatic carbocycles. The van der Waals surface area contributed by atoms with Crippen LogP contribution < -0.4 is 0 Å². The minimum absolute atomic E-state index is 0.815. The van der Waals surface area contributed by atoms with E-state index in [0.29, 0.717) is 0 Å². The predicted molar refractivity (Wildman–Crippen MR) is 41.2 cm³/mol. The van der Waals surface area contributed by atoms with Crippen molar-refractivity contribution < 1.29 is 18.0 Å². The van der Waals surface area contributed by atoms with Crippen LogP contribution in [0.4, 0.5) is 13.2 Å². The molecular weight excluding hydrogens is 205 g/mol. The lowest BCUT2D eigenvalue weighted by atomic mass is 10.1. The Hall–Kier alpha value is -1.03. The van der Waals surface area contributed by atoms with E-state index in [0.717, 1.165) is 12.1 Å². The fourth-order valence-electron chi connectivity index (χ4n) is 0.822. The molecule has 0 saturated heterocycles. The number of rotatable bonds is 2. The largest absolute Gasteiger partial charge is 0.348 e. The molecule has 0 aliphatic rings. The first-order valence-corrected chi connectivity index (χ1v) is 3.67. The number of alkyl halides is 2. The summed E-state index contributed by atoms with van der Waals surface area (Å²) in [6.07, 6.45) is 0. The topological polar surface area (TPSA) is 17.1 Å². The van der Waals surface area contributed by atoms with Gasteiger partial charge in [-0.1, -0.05) is 12.1 Å². The number of hydrogen-bond acceptors (Lipinski definition) is 1. The zero-order chi connectivity index (χ0) is 10.1. The van der Waals surface area contributed by atoms with Crippen molar-refractivity contribution >= 4 is 16.8 Å². The van der Waals surface area contributed by atoms with Gasteiger partial charge >= 0.3 is 5.92 Å². The van der Waals surface area contributed by atoms with Crippen molar-refractivity contribution in [3.8, 4) is 0 Å². The van der Waals surface area contributed by atoms with Gasteiger partial charge in [0.1, 0.15) is 5.82 Å². The van der Waals surface area contributed by atoms with E-state index >= 15 is 0 Å². The van der Waals surface area contributed by atoms with Crippen molar-refractivity contribution in [3.05, 3.63) is 35.6 Å². The number of hydrogen-bond donors (Lipinski definition) is 0. The van der Waals surface area contributed by atoms with Gasteiger partial charge in [0, 0.05) is 0 Å². The molecule has 0 fully saturated rings. The Morgan fingerprint density at radius 3 is 2.31 bits per heavy atom. The van der Waals surface area contributed by atoms with Crippen molar-refractivity contribution in [3.63, 3.8) is 0 Å². The minimum atomic E-state index is -3.97. The number of benzene rings is 1. The van der Waals surface area contributed by atoms with Gasteiger partial charge in [-0.05, 0) is 23.7 Å². The van der Waals surface area contributed by atoms with Crippen LogP contribution in [-0.2, 0) is 10.7 Å². The van der Waals surface area contributed by atoms with E-state index in [-0.39, 0.29) is 0 Å². The molecular formula is C8H4ClF3O. The summed E-state index contributed by atoms with van der Waals surface area (Å²) in [6, 6.07) is 4.10. The second-order valence-corrected chi connectivity index (χ2v) is 2.67. The molecule has 70 valence electrons. The monoisotopic (exact) mass is 208 g/mol. The van der Waals surface area contributed by atoms with E-state index in [9.17, 15) is 18.0 Å². The van der Waals surface area contributed by atoms with Crippen LogP contribution in [0, 0.1) is 5.82 Å². The maximum atomic E-state index is 12.8. The van der Waals surface area contributed by atoms with Crippen LogP contribution >= 0.6 is 11.6 Å². The molecule has 0 aromatic heterocycles. The zero-order valence-electron chi connectivity index (χ0n) is 6.23. The molecule has 0 unspecified atom stereocenters. The first-order chi connectivity index (χ1) is 5.96. The highest BCUT2D eigenvalue weighted by Gasteiger charge is 2.41. The lowest BCUT2D eigenvalue weighted by Gasteiger charge is -2.11. The fourth-order valence-corrected chi connectivity index (χ4v) is 0.924. The highest BCUT2D eigenvalue weighted by atomic mass is 35.5. The summed E-state index contributed by atoms with van der Waals surface area (Å²) in [7, 11) is 0. The van der Waals surface area contributed by atoms with Crippen LogP contribution in [0.2, 0.25) is 0 Å². The molecule has 0 saturated carbocycles. The summed E-state index contributed by atoms with van der Waals surface area (Å²) in [5.41, 5.74) is -1.00. The van der Waals surface area contributed by atoms with E-state index in [4.69, 9.17) is 0 Å². The normalized spacial score (nSPS) is 11.4.